The molecule has 2 radical (unpaired) electrons. The van der Waals surface area contributed by atoms with E-state index in [0.29, 0.717) is 6.61 Å². The number of hydrogen-bond donors (Lipinski definition) is 1. The lowest BCUT2D eigenvalue weighted by atomic mass is 9.77. The average molecular weight is 645 g/mol. The van der Waals surface area contributed by atoms with E-state index in [0.717, 1.165) is 37.9 Å². The van der Waals surface area contributed by atoms with Crippen LogP contribution in [0, 0.1) is 10.8 Å². The van der Waals surface area contributed by atoms with Crippen molar-refractivity contribution in [2.24, 2.45) is 10.8 Å². The fraction of sp³-hybridized carbons (Fsp3) is 0.667. The van der Waals surface area contributed by atoms with Gasteiger partial charge in [0.15, 0.2) is 0 Å². The molecule has 0 aliphatic carbocycles. The van der Waals surface area contributed by atoms with Gasteiger partial charge < -0.3 is 18.7 Å². The third-order valence-electron chi connectivity index (χ3n) is 8.01. The topological polar surface area (TPSA) is 47.9 Å². The number of ether oxygens (including phenoxy) is 1. The summed E-state index contributed by atoms with van der Waals surface area (Å²) in [5.74, 6) is 0.864. The molecule has 0 saturated heterocycles. The number of hydrogen-bond acceptors (Lipinski definition) is 5. The lowest BCUT2D eigenvalue weighted by Crippen LogP contribution is -2.31. The first-order valence-electron chi connectivity index (χ1n) is 16.1. The highest BCUT2D eigenvalue weighted by Gasteiger charge is 2.36. The van der Waals surface area contributed by atoms with Gasteiger partial charge in [-0.15, -0.1) is 11.3 Å². The molecule has 0 spiro atoms. The lowest BCUT2D eigenvalue weighted by molar-refractivity contribution is 0.0246. The summed E-state index contributed by atoms with van der Waals surface area (Å²) in [7, 11) is -1.87. The summed E-state index contributed by atoms with van der Waals surface area (Å²) in [6.45, 7) is 29.3. The Bertz CT molecular complexity index is 1150. The number of rotatable bonds is 16. The standard InChI is InChI=1S/C36H60O4SSi2/c1-14-26(18-17-21-36(37,15-2)16-3)27-22-29(41-25-27)24-38-28-19-20-30(32(34(4,5)6)39-42(10)11)31(23-28)33(35(7,8)9)40-43(12)13/h18-20,22-23,25,32-33,37H,14-17,21,24H2,1-13H3/b26-18+. The van der Waals surface area contributed by atoms with Crippen molar-refractivity contribution in [1.29, 1.82) is 0 Å². The summed E-state index contributed by atoms with van der Waals surface area (Å²) in [6.07, 6.45) is 6.49. The molecule has 4 nitrogen and oxygen atoms in total. The van der Waals surface area contributed by atoms with Gasteiger partial charge in [0.25, 0.3) is 0 Å². The van der Waals surface area contributed by atoms with E-state index in [1.807, 2.05) is 0 Å². The highest BCUT2D eigenvalue weighted by molar-refractivity contribution is 7.10. The van der Waals surface area contributed by atoms with Crippen LogP contribution in [-0.4, -0.2) is 28.8 Å². The summed E-state index contributed by atoms with van der Waals surface area (Å²) in [4.78, 5) is 1.20. The van der Waals surface area contributed by atoms with Crippen LogP contribution >= 0.6 is 11.3 Å². The molecule has 2 aromatic rings. The summed E-state index contributed by atoms with van der Waals surface area (Å²) in [5, 5.41) is 12.9. The number of thiophene rings is 1. The van der Waals surface area contributed by atoms with Gasteiger partial charge in [0.05, 0.1) is 17.8 Å². The molecular weight excluding hydrogens is 585 g/mol. The second kappa shape index (κ2) is 16.4. The van der Waals surface area contributed by atoms with Crippen LogP contribution in [0.3, 0.4) is 0 Å². The summed E-state index contributed by atoms with van der Waals surface area (Å²) < 4.78 is 19.8. The molecule has 43 heavy (non-hydrogen) atoms. The van der Waals surface area contributed by atoms with Gasteiger partial charge in [-0.1, -0.05) is 74.5 Å². The van der Waals surface area contributed by atoms with Crippen molar-refractivity contribution in [1.82, 2.24) is 0 Å². The Morgan fingerprint density at radius 3 is 1.91 bits per heavy atom. The Hall–Kier alpha value is -1.23. The fourth-order valence-electron chi connectivity index (χ4n) is 5.36. The van der Waals surface area contributed by atoms with Gasteiger partial charge in [0.2, 0.25) is 18.1 Å². The van der Waals surface area contributed by atoms with E-state index in [9.17, 15) is 5.11 Å². The van der Waals surface area contributed by atoms with Crippen molar-refractivity contribution in [3.8, 4) is 5.75 Å². The van der Waals surface area contributed by atoms with E-state index in [4.69, 9.17) is 13.6 Å². The van der Waals surface area contributed by atoms with Crippen molar-refractivity contribution in [2.75, 3.05) is 0 Å². The Balaban J connectivity index is 2.38. The van der Waals surface area contributed by atoms with E-state index < -0.39 is 23.7 Å². The first-order chi connectivity index (χ1) is 19.9. The van der Waals surface area contributed by atoms with Crippen LogP contribution in [0.2, 0.25) is 26.2 Å². The van der Waals surface area contributed by atoms with Crippen LogP contribution in [0.4, 0.5) is 0 Å². The van der Waals surface area contributed by atoms with Crippen LogP contribution in [0.1, 0.15) is 128 Å². The first-order valence-corrected chi connectivity index (χ1v) is 21.8. The molecule has 1 N–H and O–H groups in total. The van der Waals surface area contributed by atoms with Crippen molar-refractivity contribution in [3.63, 3.8) is 0 Å². The molecule has 0 amide bonds. The summed E-state index contributed by atoms with van der Waals surface area (Å²) in [5.41, 5.74) is 4.30. The Morgan fingerprint density at radius 2 is 1.42 bits per heavy atom. The molecule has 0 bridgehead atoms. The van der Waals surface area contributed by atoms with Gasteiger partial charge in [-0.25, -0.2) is 0 Å². The van der Waals surface area contributed by atoms with Crippen LogP contribution in [-0.2, 0) is 15.5 Å². The molecule has 1 aromatic heterocycles. The molecule has 242 valence electrons. The molecule has 0 saturated carbocycles. The van der Waals surface area contributed by atoms with Crippen LogP contribution in [0.15, 0.2) is 35.7 Å². The van der Waals surface area contributed by atoms with E-state index >= 15 is 0 Å². The monoisotopic (exact) mass is 644 g/mol. The van der Waals surface area contributed by atoms with E-state index in [2.05, 4.69) is 124 Å². The minimum atomic E-state index is -0.948. The Morgan fingerprint density at radius 1 is 0.860 bits per heavy atom. The molecule has 1 aromatic carbocycles. The number of benzene rings is 1. The van der Waals surface area contributed by atoms with Crippen LogP contribution < -0.4 is 4.74 Å². The molecule has 0 aliphatic heterocycles. The SMILES string of the molecule is CC/C(=C\CCC(O)(CC)CC)c1csc(COc2ccc(C(O[Si](C)C)C(C)(C)C)c(C(O[Si](C)C)C(C)(C)C)c2)c1. The van der Waals surface area contributed by atoms with E-state index in [1.165, 1.54) is 27.1 Å². The van der Waals surface area contributed by atoms with Gasteiger partial charge in [-0.05, 0) is 115 Å². The van der Waals surface area contributed by atoms with Gasteiger partial charge in [0.1, 0.15) is 12.4 Å². The maximum Gasteiger partial charge on any atom is 0.205 e. The fourth-order valence-corrected chi connectivity index (χ4v) is 8.08. The van der Waals surface area contributed by atoms with Crippen molar-refractivity contribution < 1.29 is 18.7 Å². The smallest absolute Gasteiger partial charge is 0.205 e. The molecule has 2 rings (SSSR count). The zero-order valence-corrected chi connectivity index (χ0v) is 32.3. The van der Waals surface area contributed by atoms with Gasteiger partial charge in [0, 0.05) is 4.88 Å². The minimum absolute atomic E-state index is 0.0250. The number of allylic oxidation sites excluding steroid dienone is 2. The maximum absolute atomic E-state index is 10.7. The normalized spacial score (nSPS) is 14.9. The third-order valence-corrected chi connectivity index (χ3v) is 10.3. The van der Waals surface area contributed by atoms with E-state index in [-0.39, 0.29) is 23.0 Å². The quantitative estimate of drug-likeness (QED) is 0.185. The number of aliphatic hydroxyl groups is 1. The molecule has 2 atom stereocenters. The van der Waals surface area contributed by atoms with Crippen molar-refractivity contribution in [2.45, 2.75) is 145 Å². The third kappa shape index (κ3) is 11.6. The van der Waals surface area contributed by atoms with Crippen LogP contribution in [0.5, 0.6) is 5.75 Å². The summed E-state index contributed by atoms with van der Waals surface area (Å²) in [6, 6.07) is 8.80. The zero-order valence-electron chi connectivity index (χ0n) is 29.4. The van der Waals surface area contributed by atoms with Gasteiger partial charge in [-0.2, -0.15) is 0 Å². The Kier molecular flexibility index (Phi) is 14.4. The largest absolute Gasteiger partial charge is 0.488 e. The van der Waals surface area contributed by atoms with E-state index in [1.54, 1.807) is 11.3 Å². The predicted molar refractivity (Wildman–Crippen MR) is 190 cm³/mol. The molecule has 1 heterocycles. The minimum Gasteiger partial charge on any atom is -0.488 e. The van der Waals surface area contributed by atoms with Crippen molar-refractivity contribution >= 4 is 35.0 Å². The highest BCUT2D eigenvalue weighted by Crippen LogP contribution is 2.46. The molecule has 7 heteroatoms. The van der Waals surface area contributed by atoms with Gasteiger partial charge in [-0.3, -0.25) is 0 Å². The van der Waals surface area contributed by atoms with Crippen molar-refractivity contribution in [3.05, 3.63) is 57.3 Å². The molecular formula is C36H60O4SSi2. The zero-order chi connectivity index (χ0) is 32.6. The second-order valence-electron chi connectivity index (χ2n) is 14.5. The molecule has 0 aliphatic rings. The lowest BCUT2D eigenvalue weighted by Gasteiger charge is -2.39. The van der Waals surface area contributed by atoms with Gasteiger partial charge >= 0.3 is 0 Å². The predicted octanol–water partition coefficient (Wildman–Crippen LogP) is 11.2. The molecule has 2 unspecified atom stereocenters. The first kappa shape index (κ1) is 38.0. The highest BCUT2D eigenvalue weighted by atomic mass is 32.1. The summed E-state index contributed by atoms with van der Waals surface area (Å²) >= 11 is 1.75. The second-order valence-corrected chi connectivity index (χ2v) is 19.6. The maximum atomic E-state index is 10.7. The molecule has 0 fully saturated rings. The average Bonchev–Trinajstić information content (AvgIpc) is 3.39. The van der Waals surface area contributed by atoms with Crippen LogP contribution in [0.25, 0.3) is 5.57 Å². The Labute approximate surface area is 271 Å².